The predicted octanol–water partition coefficient (Wildman–Crippen LogP) is 2.18. The van der Waals surface area contributed by atoms with E-state index in [1.165, 1.54) is 5.56 Å². The molecule has 16 heavy (non-hydrogen) atoms. The van der Waals surface area contributed by atoms with Crippen LogP contribution in [-0.4, -0.2) is 23.7 Å². The van der Waals surface area contributed by atoms with Gasteiger partial charge in [0.05, 0.1) is 5.92 Å². The van der Waals surface area contributed by atoms with E-state index in [1.54, 1.807) is 0 Å². The Kier molecular flexibility index (Phi) is 2.11. The Hall–Kier alpha value is -1.22. The second-order valence-electron chi connectivity index (χ2n) is 4.55. The zero-order chi connectivity index (χ0) is 11.3. The lowest BCUT2D eigenvalue weighted by Crippen LogP contribution is -2.25. The molecule has 0 aliphatic carbocycles. The van der Waals surface area contributed by atoms with Crippen molar-refractivity contribution in [2.75, 3.05) is 11.4 Å². The first kappa shape index (κ1) is 9.97. The van der Waals surface area contributed by atoms with E-state index < -0.39 is 5.97 Å². The Labute approximate surface area is 98.6 Å². The van der Waals surface area contributed by atoms with E-state index in [1.807, 2.05) is 18.2 Å². The molecule has 2 atom stereocenters. The van der Waals surface area contributed by atoms with E-state index in [4.69, 9.17) is 16.7 Å². The minimum Gasteiger partial charge on any atom is -0.481 e. The van der Waals surface area contributed by atoms with Crippen LogP contribution in [0.1, 0.15) is 12.0 Å². The highest BCUT2D eigenvalue weighted by molar-refractivity contribution is 6.30. The lowest BCUT2D eigenvalue weighted by Gasteiger charge is -2.18. The number of carboxylic acids is 1. The minimum absolute atomic E-state index is 0.225. The van der Waals surface area contributed by atoms with Crippen molar-refractivity contribution in [2.45, 2.75) is 18.9 Å². The van der Waals surface area contributed by atoms with Crippen molar-refractivity contribution in [1.29, 1.82) is 0 Å². The van der Waals surface area contributed by atoms with Gasteiger partial charge in [0.15, 0.2) is 0 Å². The lowest BCUT2D eigenvalue weighted by molar-refractivity contribution is -0.141. The maximum Gasteiger partial charge on any atom is 0.308 e. The van der Waals surface area contributed by atoms with Crippen LogP contribution in [-0.2, 0) is 11.2 Å². The molecule has 4 heteroatoms. The van der Waals surface area contributed by atoms with Crippen LogP contribution < -0.4 is 4.90 Å². The monoisotopic (exact) mass is 237 g/mol. The van der Waals surface area contributed by atoms with Gasteiger partial charge in [-0.05, 0) is 30.5 Å². The van der Waals surface area contributed by atoms with Crippen molar-refractivity contribution in [3.8, 4) is 0 Å². The molecular formula is C12H12ClNO2. The summed E-state index contributed by atoms with van der Waals surface area (Å²) in [5.41, 5.74) is 2.42. The van der Waals surface area contributed by atoms with Crippen molar-refractivity contribution < 1.29 is 9.90 Å². The standard InChI is InChI=1S/C12H12ClNO2/c13-9-2-1-7-3-10-4-8(12(15)16)6-14(10)11(7)5-9/h1-2,5,8,10H,3-4,6H2,(H,15,16). The number of benzene rings is 1. The average Bonchev–Trinajstić information content (AvgIpc) is 2.75. The number of hydrogen-bond acceptors (Lipinski definition) is 2. The highest BCUT2D eigenvalue weighted by Gasteiger charge is 2.40. The number of carboxylic acid groups (broad SMARTS) is 1. The normalized spacial score (nSPS) is 26.7. The van der Waals surface area contributed by atoms with Crippen molar-refractivity contribution in [3.63, 3.8) is 0 Å². The highest BCUT2D eigenvalue weighted by Crippen LogP contribution is 2.40. The zero-order valence-electron chi connectivity index (χ0n) is 8.69. The van der Waals surface area contributed by atoms with Crippen LogP contribution in [0.3, 0.4) is 0 Å². The summed E-state index contributed by atoms with van der Waals surface area (Å²) in [5, 5.41) is 9.74. The second-order valence-corrected chi connectivity index (χ2v) is 4.99. The summed E-state index contributed by atoms with van der Waals surface area (Å²) < 4.78 is 0. The van der Waals surface area contributed by atoms with Crippen LogP contribution >= 0.6 is 11.6 Å². The van der Waals surface area contributed by atoms with Gasteiger partial charge in [-0.2, -0.15) is 0 Å². The second kappa shape index (κ2) is 3.39. The van der Waals surface area contributed by atoms with E-state index in [2.05, 4.69) is 4.90 Å². The maximum absolute atomic E-state index is 11.0. The summed E-state index contributed by atoms with van der Waals surface area (Å²) in [7, 11) is 0. The molecule has 1 saturated heterocycles. The Balaban J connectivity index is 1.93. The predicted molar refractivity (Wildman–Crippen MR) is 62.0 cm³/mol. The molecule has 0 spiro atoms. The Morgan fingerprint density at radius 3 is 3.06 bits per heavy atom. The molecule has 3 rings (SSSR count). The van der Waals surface area contributed by atoms with E-state index >= 15 is 0 Å². The number of aliphatic carboxylic acids is 1. The average molecular weight is 238 g/mol. The molecule has 2 heterocycles. The summed E-state index contributed by atoms with van der Waals surface area (Å²) >= 11 is 5.97. The number of anilines is 1. The lowest BCUT2D eigenvalue weighted by atomic mass is 10.0. The first-order valence-electron chi connectivity index (χ1n) is 5.43. The maximum atomic E-state index is 11.0. The number of fused-ring (bicyclic) bond motifs is 3. The van der Waals surface area contributed by atoms with E-state index in [0.29, 0.717) is 12.6 Å². The molecule has 0 amide bonds. The van der Waals surface area contributed by atoms with Crippen LogP contribution in [0.25, 0.3) is 0 Å². The molecule has 0 bridgehead atoms. The SMILES string of the molecule is O=C(O)C1CC2Cc3ccc(Cl)cc3N2C1. The molecule has 0 saturated carbocycles. The zero-order valence-corrected chi connectivity index (χ0v) is 9.44. The molecular weight excluding hydrogens is 226 g/mol. The topological polar surface area (TPSA) is 40.5 Å². The molecule has 0 radical (unpaired) electrons. The quantitative estimate of drug-likeness (QED) is 0.814. The van der Waals surface area contributed by atoms with Gasteiger partial charge in [0.1, 0.15) is 0 Å². The third-order valence-corrected chi connectivity index (χ3v) is 3.81. The van der Waals surface area contributed by atoms with Gasteiger partial charge < -0.3 is 10.0 Å². The van der Waals surface area contributed by atoms with Crippen molar-refractivity contribution in [2.24, 2.45) is 5.92 Å². The molecule has 1 aromatic carbocycles. The number of rotatable bonds is 1. The van der Waals surface area contributed by atoms with E-state index in [-0.39, 0.29) is 5.92 Å². The first-order valence-corrected chi connectivity index (χ1v) is 5.81. The Bertz CT molecular complexity index is 460. The Morgan fingerprint density at radius 1 is 1.50 bits per heavy atom. The van der Waals surface area contributed by atoms with E-state index in [0.717, 1.165) is 23.6 Å². The molecule has 2 aliphatic rings. The van der Waals surface area contributed by atoms with E-state index in [9.17, 15) is 4.79 Å². The van der Waals surface area contributed by atoms with Gasteiger partial charge in [0.25, 0.3) is 0 Å². The molecule has 2 aliphatic heterocycles. The summed E-state index contributed by atoms with van der Waals surface area (Å²) in [6.45, 7) is 0.618. The fourth-order valence-electron chi connectivity index (χ4n) is 2.82. The van der Waals surface area contributed by atoms with Gasteiger partial charge in [0.2, 0.25) is 0 Å². The number of halogens is 1. The fourth-order valence-corrected chi connectivity index (χ4v) is 2.98. The van der Waals surface area contributed by atoms with Crippen LogP contribution in [0.5, 0.6) is 0 Å². The van der Waals surface area contributed by atoms with Crippen molar-refractivity contribution in [3.05, 3.63) is 28.8 Å². The minimum atomic E-state index is -0.682. The van der Waals surface area contributed by atoms with Crippen LogP contribution in [0.15, 0.2) is 18.2 Å². The smallest absolute Gasteiger partial charge is 0.308 e. The Morgan fingerprint density at radius 2 is 2.31 bits per heavy atom. The molecule has 1 fully saturated rings. The van der Waals surface area contributed by atoms with Gasteiger partial charge in [-0.3, -0.25) is 4.79 Å². The summed E-state index contributed by atoms with van der Waals surface area (Å²) in [4.78, 5) is 13.2. The van der Waals surface area contributed by atoms with Crippen LogP contribution in [0.2, 0.25) is 5.02 Å². The summed E-state index contributed by atoms with van der Waals surface area (Å²) in [6, 6.07) is 6.25. The van der Waals surface area contributed by atoms with Gasteiger partial charge in [-0.15, -0.1) is 0 Å². The highest BCUT2D eigenvalue weighted by atomic mass is 35.5. The van der Waals surface area contributed by atoms with Gasteiger partial charge in [-0.1, -0.05) is 17.7 Å². The molecule has 1 aromatic rings. The molecule has 2 unspecified atom stereocenters. The number of hydrogen-bond donors (Lipinski definition) is 1. The van der Waals surface area contributed by atoms with Gasteiger partial charge in [-0.25, -0.2) is 0 Å². The van der Waals surface area contributed by atoms with Gasteiger partial charge in [0, 0.05) is 23.3 Å². The largest absolute Gasteiger partial charge is 0.481 e. The van der Waals surface area contributed by atoms with Gasteiger partial charge >= 0.3 is 5.97 Å². The van der Waals surface area contributed by atoms with Crippen LogP contribution in [0.4, 0.5) is 5.69 Å². The first-order chi connectivity index (χ1) is 7.65. The molecule has 0 aromatic heterocycles. The van der Waals surface area contributed by atoms with Crippen molar-refractivity contribution >= 4 is 23.3 Å². The third-order valence-electron chi connectivity index (χ3n) is 3.58. The third kappa shape index (κ3) is 1.39. The number of carbonyl (C=O) groups is 1. The number of nitrogens with zero attached hydrogens (tertiary/aromatic N) is 1. The van der Waals surface area contributed by atoms with Crippen LogP contribution in [0, 0.1) is 5.92 Å². The molecule has 1 N–H and O–H groups in total. The molecule has 3 nitrogen and oxygen atoms in total. The fraction of sp³-hybridized carbons (Fsp3) is 0.417. The summed E-state index contributed by atoms with van der Waals surface area (Å²) in [5.74, 6) is -0.907. The molecule has 84 valence electrons. The van der Waals surface area contributed by atoms with Crippen molar-refractivity contribution in [1.82, 2.24) is 0 Å². The summed E-state index contributed by atoms with van der Waals surface area (Å²) in [6.07, 6.45) is 1.71.